The second-order valence-electron chi connectivity index (χ2n) is 8.09. The number of nitrogen functional groups attached to an aromatic ring is 1. The average molecular weight is 507 g/mol. The predicted octanol–water partition coefficient (Wildman–Crippen LogP) is 2.15. The number of carbonyl (C=O) groups is 3. The molecule has 0 atom stereocenters. The molecule has 4 N–H and O–H groups in total. The largest absolute Gasteiger partial charge is 0.493 e. The quantitative estimate of drug-likeness (QED) is 0.293. The Morgan fingerprint density at radius 1 is 1.00 bits per heavy atom. The summed E-state index contributed by atoms with van der Waals surface area (Å²) in [4.78, 5) is 49.8. The molecule has 11 nitrogen and oxygen atoms in total. The van der Waals surface area contributed by atoms with Crippen LogP contribution in [0.4, 0.5) is 11.5 Å². The summed E-state index contributed by atoms with van der Waals surface area (Å²) in [6.07, 6.45) is 0.588. The van der Waals surface area contributed by atoms with Gasteiger partial charge in [0.2, 0.25) is 0 Å². The number of ether oxygens (including phenoxy) is 3. The van der Waals surface area contributed by atoms with E-state index < -0.39 is 23.3 Å². The van der Waals surface area contributed by atoms with Crippen LogP contribution in [0.3, 0.4) is 0 Å². The molecule has 11 heteroatoms. The zero-order valence-electron chi connectivity index (χ0n) is 20.5. The van der Waals surface area contributed by atoms with E-state index in [9.17, 15) is 19.2 Å². The summed E-state index contributed by atoms with van der Waals surface area (Å²) in [7, 11) is 3.12. The molecule has 0 saturated heterocycles. The van der Waals surface area contributed by atoms with Gasteiger partial charge in [0.25, 0.3) is 17.4 Å². The van der Waals surface area contributed by atoms with E-state index >= 15 is 0 Å². The van der Waals surface area contributed by atoms with E-state index in [1.54, 1.807) is 33.3 Å². The Kier molecular flexibility index (Phi) is 7.14. The number of imide groups is 1. The zero-order chi connectivity index (χ0) is 26.7. The third kappa shape index (κ3) is 4.83. The number of rotatable bonds is 9. The number of methoxy groups -OCH3 is 2. The first-order valence-electron chi connectivity index (χ1n) is 11.5. The van der Waals surface area contributed by atoms with Crippen LogP contribution < -0.4 is 31.4 Å². The Balaban J connectivity index is 1.72. The predicted molar refractivity (Wildman–Crippen MR) is 136 cm³/mol. The molecule has 0 fully saturated rings. The summed E-state index contributed by atoms with van der Waals surface area (Å²) < 4.78 is 16.8. The van der Waals surface area contributed by atoms with Gasteiger partial charge in [0.05, 0.1) is 48.9 Å². The molecule has 0 unspecified atom stereocenters. The summed E-state index contributed by atoms with van der Waals surface area (Å²) >= 11 is 0. The van der Waals surface area contributed by atoms with Gasteiger partial charge in [0.1, 0.15) is 5.82 Å². The Labute approximate surface area is 212 Å². The highest BCUT2D eigenvalue weighted by molar-refractivity contribution is 6.23. The molecule has 1 aromatic heterocycles. The highest BCUT2D eigenvalue weighted by Crippen LogP contribution is 2.29. The number of nitrogens with zero attached hydrogens (tertiary/aromatic N) is 1. The molecule has 2 aromatic carbocycles. The lowest BCUT2D eigenvalue weighted by molar-refractivity contribution is 0.0526. The number of esters is 1. The molecule has 0 spiro atoms. The SMILES string of the molecule is CCOC(=O)c1ccc(NCCc2ccc(OC)c(OC)c2)c(-n2c(N)c3c(cc2=O)C(=O)NC3=O)c1. The van der Waals surface area contributed by atoms with Crippen LogP contribution in [0, 0.1) is 0 Å². The molecule has 1 aliphatic rings. The lowest BCUT2D eigenvalue weighted by Gasteiger charge is -2.18. The first kappa shape index (κ1) is 25.3. The van der Waals surface area contributed by atoms with Crippen molar-refractivity contribution < 1.29 is 28.6 Å². The van der Waals surface area contributed by atoms with E-state index in [0.29, 0.717) is 30.2 Å². The van der Waals surface area contributed by atoms with Crippen molar-refractivity contribution in [2.24, 2.45) is 0 Å². The van der Waals surface area contributed by atoms with Crippen molar-refractivity contribution in [2.45, 2.75) is 13.3 Å². The van der Waals surface area contributed by atoms with Crippen molar-refractivity contribution in [1.82, 2.24) is 9.88 Å². The number of benzene rings is 2. The molecule has 4 rings (SSSR count). The van der Waals surface area contributed by atoms with E-state index in [0.717, 1.165) is 16.2 Å². The number of amides is 2. The van der Waals surface area contributed by atoms with Crippen molar-refractivity contribution in [3.63, 3.8) is 0 Å². The van der Waals surface area contributed by atoms with Crippen LogP contribution in [0.25, 0.3) is 5.69 Å². The van der Waals surface area contributed by atoms with Crippen LogP contribution >= 0.6 is 0 Å². The van der Waals surface area contributed by atoms with Gasteiger partial charge >= 0.3 is 5.97 Å². The number of fused-ring (bicyclic) bond motifs is 1. The van der Waals surface area contributed by atoms with Crippen LogP contribution in [-0.4, -0.2) is 49.7 Å². The molecular formula is C26H26N4O7. The molecule has 2 amide bonds. The molecule has 0 bridgehead atoms. The summed E-state index contributed by atoms with van der Waals surface area (Å²) in [5, 5.41) is 5.40. The van der Waals surface area contributed by atoms with Gasteiger partial charge in [-0.25, -0.2) is 4.79 Å². The van der Waals surface area contributed by atoms with E-state index in [-0.39, 0.29) is 34.8 Å². The summed E-state index contributed by atoms with van der Waals surface area (Å²) in [6, 6.07) is 11.3. The van der Waals surface area contributed by atoms with E-state index in [2.05, 4.69) is 10.6 Å². The topological polar surface area (TPSA) is 151 Å². The van der Waals surface area contributed by atoms with Gasteiger partial charge < -0.3 is 25.3 Å². The molecule has 1 aliphatic heterocycles. The van der Waals surface area contributed by atoms with Crippen molar-refractivity contribution in [3.8, 4) is 17.2 Å². The van der Waals surface area contributed by atoms with Crippen LogP contribution in [0.15, 0.2) is 47.3 Å². The van der Waals surface area contributed by atoms with Crippen molar-refractivity contribution >= 4 is 29.3 Å². The van der Waals surface area contributed by atoms with Gasteiger partial charge in [-0.15, -0.1) is 0 Å². The van der Waals surface area contributed by atoms with Crippen LogP contribution in [0.5, 0.6) is 11.5 Å². The third-order valence-corrected chi connectivity index (χ3v) is 5.88. The standard InChI is InChI=1S/C26H26N4O7/c1-4-37-26(34)15-6-7-17(28-10-9-14-5-8-19(35-2)20(11-14)36-3)18(12-15)30-21(31)13-16-22(23(30)27)25(33)29-24(16)32/h5-8,11-13,28H,4,9-10,27H2,1-3H3,(H,29,32,33). The summed E-state index contributed by atoms with van der Waals surface area (Å²) in [5.41, 5.74) is 7.29. The average Bonchev–Trinajstić information content (AvgIpc) is 3.17. The maximum atomic E-state index is 13.1. The Morgan fingerprint density at radius 2 is 1.76 bits per heavy atom. The number of carbonyl (C=O) groups excluding carboxylic acids is 3. The third-order valence-electron chi connectivity index (χ3n) is 5.88. The van der Waals surface area contributed by atoms with Gasteiger partial charge in [0.15, 0.2) is 11.5 Å². The van der Waals surface area contributed by atoms with E-state index in [1.165, 1.54) is 6.07 Å². The second kappa shape index (κ2) is 10.4. The minimum absolute atomic E-state index is 0.0896. The second-order valence-corrected chi connectivity index (χ2v) is 8.09. The number of hydrogen-bond donors (Lipinski definition) is 3. The van der Waals surface area contributed by atoms with E-state index in [4.69, 9.17) is 19.9 Å². The van der Waals surface area contributed by atoms with Crippen LogP contribution in [0.1, 0.15) is 43.6 Å². The number of anilines is 2. The molecule has 2 heterocycles. The fourth-order valence-corrected chi connectivity index (χ4v) is 4.11. The summed E-state index contributed by atoms with van der Waals surface area (Å²) in [5.74, 6) is -0.967. The van der Waals surface area contributed by atoms with Crippen molar-refractivity contribution in [1.29, 1.82) is 0 Å². The zero-order valence-corrected chi connectivity index (χ0v) is 20.5. The number of hydrogen-bond acceptors (Lipinski definition) is 9. The van der Waals surface area contributed by atoms with Gasteiger partial charge in [-0.3, -0.25) is 24.3 Å². The lowest BCUT2D eigenvalue weighted by atomic mass is 10.1. The molecule has 3 aromatic rings. The molecule has 0 radical (unpaired) electrons. The van der Waals surface area contributed by atoms with Gasteiger partial charge in [0, 0.05) is 12.6 Å². The molecule has 37 heavy (non-hydrogen) atoms. The fourth-order valence-electron chi connectivity index (χ4n) is 4.11. The highest BCUT2D eigenvalue weighted by Gasteiger charge is 2.32. The van der Waals surface area contributed by atoms with Gasteiger partial charge in [-0.05, 0) is 49.2 Å². The first-order chi connectivity index (χ1) is 17.8. The van der Waals surface area contributed by atoms with Gasteiger partial charge in [-0.1, -0.05) is 6.07 Å². The minimum atomic E-state index is -0.698. The Hall–Kier alpha value is -4.80. The molecular weight excluding hydrogens is 480 g/mol. The molecule has 192 valence electrons. The number of nitrogens with one attached hydrogen (secondary N) is 2. The smallest absolute Gasteiger partial charge is 0.338 e. The number of nitrogens with two attached hydrogens (primary N) is 1. The summed E-state index contributed by atoms with van der Waals surface area (Å²) in [6.45, 7) is 2.30. The van der Waals surface area contributed by atoms with Crippen molar-refractivity contribution in [3.05, 3.63) is 75.1 Å². The van der Waals surface area contributed by atoms with Crippen LogP contribution in [-0.2, 0) is 11.2 Å². The number of aromatic nitrogens is 1. The molecule has 0 aliphatic carbocycles. The fraction of sp³-hybridized carbons (Fsp3) is 0.231. The number of pyridine rings is 1. The normalized spacial score (nSPS) is 12.1. The highest BCUT2D eigenvalue weighted by atomic mass is 16.5. The Morgan fingerprint density at radius 3 is 2.46 bits per heavy atom. The molecule has 0 saturated carbocycles. The minimum Gasteiger partial charge on any atom is -0.493 e. The lowest BCUT2D eigenvalue weighted by Crippen LogP contribution is -2.25. The van der Waals surface area contributed by atoms with Crippen molar-refractivity contribution in [2.75, 3.05) is 38.4 Å². The maximum Gasteiger partial charge on any atom is 0.338 e. The van der Waals surface area contributed by atoms with Gasteiger partial charge in [-0.2, -0.15) is 0 Å². The van der Waals surface area contributed by atoms with Crippen LogP contribution in [0.2, 0.25) is 0 Å². The first-order valence-corrected chi connectivity index (χ1v) is 11.5. The maximum absolute atomic E-state index is 13.1. The Bertz CT molecular complexity index is 1460. The van der Waals surface area contributed by atoms with E-state index in [1.807, 2.05) is 18.2 Å². The monoisotopic (exact) mass is 506 g/mol.